The zero-order chi connectivity index (χ0) is 21.0. The zero-order valence-electron chi connectivity index (χ0n) is 17.0. The molecule has 7 nitrogen and oxygen atoms in total. The van der Waals surface area contributed by atoms with Crippen molar-refractivity contribution in [2.24, 2.45) is 11.8 Å². The molecule has 1 saturated carbocycles. The van der Waals surface area contributed by atoms with Crippen LogP contribution in [0.5, 0.6) is 0 Å². The van der Waals surface area contributed by atoms with Crippen molar-refractivity contribution in [1.29, 1.82) is 0 Å². The monoisotopic (exact) mass is 417 g/mol. The van der Waals surface area contributed by atoms with Gasteiger partial charge in [0.2, 0.25) is 5.91 Å². The van der Waals surface area contributed by atoms with Crippen LogP contribution in [0.2, 0.25) is 0 Å². The van der Waals surface area contributed by atoms with Crippen LogP contribution in [0.15, 0.2) is 34.2 Å². The molecule has 0 bridgehead atoms. The fraction of sp³-hybridized carbons (Fsp3) is 0.524. The summed E-state index contributed by atoms with van der Waals surface area (Å²) in [7, 11) is 1.27. The molecule has 1 heterocycles. The van der Waals surface area contributed by atoms with Gasteiger partial charge in [-0.2, -0.15) is 0 Å². The summed E-state index contributed by atoms with van der Waals surface area (Å²) in [6.45, 7) is 4.24. The van der Waals surface area contributed by atoms with E-state index in [0.29, 0.717) is 27.9 Å². The maximum Gasteiger partial charge on any atom is 0.325 e. The van der Waals surface area contributed by atoms with Crippen LogP contribution >= 0.6 is 11.8 Å². The van der Waals surface area contributed by atoms with Crippen LogP contribution in [-0.2, 0) is 14.3 Å². The van der Waals surface area contributed by atoms with Crippen LogP contribution in [-0.4, -0.2) is 40.8 Å². The van der Waals surface area contributed by atoms with Crippen LogP contribution in [0, 0.1) is 11.8 Å². The molecule has 1 aliphatic rings. The second-order valence-electron chi connectivity index (χ2n) is 7.56. The van der Waals surface area contributed by atoms with E-state index in [-0.39, 0.29) is 29.8 Å². The SMILES string of the molecule is COC(=O)CNC(=O)CSc1nc2ccccc2c(=O)n1[C@H]1CCC[C@@H](C)[C@H]1C. The molecule has 0 saturated heterocycles. The van der Waals surface area contributed by atoms with Crippen molar-refractivity contribution in [2.45, 2.75) is 44.3 Å². The molecule has 29 heavy (non-hydrogen) atoms. The summed E-state index contributed by atoms with van der Waals surface area (Å²) in [6.07, 6.45) is 3.15. The third-order valence-corrected chi connectivity index (χ3v) is 6.71. The van der Waals surface area contributed by atoms with Crippen LogP contribution in [0.4, 0.5) is 0 Å². The Morgan fingerprint density at radius 1 is 1.28 bits per heavy atom. The predicted molar refractivity (Wildman–Crippen MR) is 113 cm³/mol. The van der Waals surface area contributed by atoms with E-state index in [1.807, 2.05) is 18.2 Å². The molecule has 1 aliphatic carbocycles. The number of methoxy groups -OCH3 is 1. The molecule has 1 fully saturated rings. The minimum atomic E-state index is -0.505. The van der Waals surface area contributed by atoms with Gasteiger partial charge in [0.25, 0.3) is 5.56 Å². The lowest BCUT2D eigenvalue weighted by atomic mass is 9.78. The van der Waals surface area contributed by atoms with Gasteiger partial charge in [-0.15, -0.1) is 0 Å². The number of ether oxygens (including phenoxy) is 1. The van der Waals surface area contributed by atoms with Gasteiger partial charge >= 0.3 is 5.97 Å². The van der Waals surface area contributed by atoms with Gasteiger partial charge in [0, 0.05) is 6.04 Å². The number of nitrogens with zero attached hydrogens (tertiary/aromatic N) is 2. The molecule has 0 aliphatic heterocycles. The third kappa shape index (κ3) is 4.80. The molecule has 1 aromatic heterocycles. The largest absolute Gasteiger partial charge is 0.468 e. The molecule has 0 unspecified atom stereocenters. The third-order valence-electron chi connectivity index (χ3n) is 5.76. The molecular formula is C21H27N3O4S. The summed E-state index contributed by atoms with van der Waals surface area (Å²) >= 11 is 1.23. The van der Waals surface area contributed by atoms with E-state index in [1.165, 1.54) is 18.9 Å². The van der Waals surface area contributed by atoms with Gasteiger partial charge in [-0.25, -0.2) is 4.98 Å². The number of fused-ring (bicyclic) bond motifs is 1. The number of esters is 1. The molecule has 0 radical (unpaired) electrons. The van der Waals surface area contributed by atoms with Gasteiger partial charge in [-0.1, -0.05) is 50.6 Å². The number of hydrogen-bond acceptors (Lipinski definition) is 6. The highest BCUT2D eigenvalue weighted by Crippen LogP contribution is 2.38. The average molecular weight is 418 g/mol. The first-order chi connectivity index (χ1) is 13.9. The minimum absolute atomic E-state index is 0.0565. The van der Waals surface area contributed by atoms with Gasteiger partial charge < -0.3 is 10.1 Å². The van der Waals surface area contributed by atoms with Crippen molar-refractivity contribution in [3.05, 3.63) is 34.6 Å². The number of para-hydroxylation sites is 1. The molecule has 2 aromatic rings. The van der Waals surface area contributed by atoms with Gasteiger partial charge in [0.1, 0.15) is 6.54 Å². The number of benzene rings is 1. The molecule has 1 amide bonds. The average Bonchev–Trinajstić information content (AvgIpc) is 2.73. The van der Waals surface area contributed by atoms with E-state index in [0.717, 1.165) is 19.3 Å². The Kier molecular flexibility index (Phi) is 6.95. The summed E-state index contributed by atoms with van der Waals surface area (Å²) in [6, 6.07) is 7.37. The summed E-state index contributed by atoms with van der Waals surface area (Å²) in [5.41, 5.74) is 0.571. The minimum Gasteiger partial charge on any atom is -0.468 e. The Bertz CT molecular complexity index is 959. The number of aromatic nitrogens is 2. The van der Waals surface area contributed by atoms with Crippen LogP contribution in [0.25, 0.3) is 10.9 Å². The number of nitrogens with one attached hydrogen (secondary N) is 1. The van der Waals surface area contributed by atoms with E-state index >= 15 is 0 Å². The van der Waals surface area contributed by atoms with E-state index < -0.39 is 5.97 Å². The molecular weight excluding hydrogens is 390 g/mol. The lowest BCUT2D eigenvalue weighted by Gasteiger charge is -2.36. The van der Waals surface area contributed by atoms with Crippen molar-refractivity contribution in [1.82, 2.24) is 14.9 Å². The first-order valence-corrected chi connectivity index (χ1v) is 10.9. The maximum absolute atomic E-state index is 13.3. The Balaban J connectivity index is 1.91. The number of amides is 1. The van der Waals surface area contributed by atoms with Crippen LogP contribution in [0.3, 0.4) is 0 Å². The summed E-state index contributed by atoms with van der Waals surface area (Å²) < 4.78 is 6.32. The molecule has 8 heteroatoms. The second-order valence-corrected chi connectivity index (χ2v) is 8.51. The Morgan fingerprint density at radius 3 is 2.79 bits per heavy atom. The number of carbonyl (C=O) groups is 2. The predicted octanol–water partition coefficient (Wildman–Crippen LogP) is 2.78. The second kappa shape index (κ2) is 9.43. The zero-order valence-corrected chi connectivity index (χ0v) is 17.8. The van der Waals surface area contributed by atoms with E-state index in [2.05, 4.69) is 23.9 Å². The smallest absolute Gasteiger partial charge is 0.325 e. The Hall–Kier alpha value is -2.35. The van der Waals surface area contributed by atoms with E-state index in [4.69, 9.17) is 4.98 Å². The molecule has 1 N–H and O–H groups in total. The van der Waals surface area contributed by atoms with E-state index in [9.17, 15) is 14.4 Å². The standard InChI is InChI=1S/C21H27N3O4S/c1-13-7-6-10-17(14(13)2)24-20(27)15-8-4-5-9-16(15)23-21(24)29-12-18(25)22-11-19(26)28-3/h4-5,8-9,13-14,17H,6-7,10-12H2,1-3H3,(H,22,25)/t13-,14-,17+/m1/s1. The fourth-order valence-electron chi connectivity index (χ4n) is 3.86. The first-order valence-electron chi connectivity index (χ1n) is 9.90. The number of hydrogen-bond donors (Lipinski definition) is 1. The quantitative estimate of drug-likeness (QED) is 0.442. The highest BCUT2D eigenvalue weighted by atomic mass is 32.2. The lowest BCUT2D eigenvalue weighted by molar-refractivity contribution is -0.140. The van der Waals surface area contributed by atoms with Crippen molar-refractivity contribution >= 4 is 34.5 Å². The maximum atomic E-state index is 13.3. The van der Waals surface area contributed by atoms with Gasteiger partial charge in [0.15, 0.2) is 5.16 Å². The molecule has 156 valence electrons. The van der Waals surface area contributed by atoms with Crippen molar-refractivity contribution in [2.75, 3.05) is 19.4 Å². The van der Waals surface area contributed by atoms with Crippen LogP contribution < -0.4 is 10.9 Å². The number of carbonyl (C=O) groups excluding carboxylic acids is 2. The normalized spacial score (nSPS) is 21.7. The van der Waals surface area contributed by atoms with Crippen molar-refractivity contribution in [3.63, 3.8) is 0 Å². The first kappa shape index (κ1) is 21.4. The topological polar surface area (TPSA) is 90.3 Å². The van der Waals surface area contributed by atoms with Crippen molar-refractivity contribution in [3.8, 4) is 0 Å². The molecule has 1 aromatic carbocycles. The molecule has 3 atom stereocenters. The summed E-state index contributed by atoms with van der Waals surface area (Å²) in [5.74, 6) is 0.122. The van der Waals surface area contributed by atoms with Gasteiger partial charge in [-0.05, 0) is 30.4 Å². The number of thioether (sulfide) groups is 1. The molecule has 0 spiro atoms. The van der Waals surface area contributed by atoms with Crippen LogP contribution in [0.1, 0.15) is 39.2 Å². The van der Waals surface area contributed by atoms with Gasteiger partial charge in [0.05, 0.1) is 23.8 Å². The highest BCUT2D eigenvalue weighted by Gasteiger charge is 2.31. The fourth-order valence-corrected chi connectivity index (χ4v) is 4.74. The van der Waals surface area contributed by atoms with Crippen molar-refractivity contribution < 1.29 is 14.3 Å². The van der Waals surface area contributed by atoms with Gasteiger partial charge in [-0.3, -0.25) is 19.0 Å². The Morgan fingerprint density at radius 2 is 2.03 bits per heavy atom. The number of rotatable bonds is 6. The summed E-state index contributed by atoms with van der Waals surface area (Å²) in [4.78, 5) is 41.4. The van der Waals surface area contributed by atoms with E-state index in [1.54, 1.807) is 10.6 Å². The molecule has 3 rings (SSSR count). The lowest BCUT2D eigenvalue weighted by Crippen LogP contribution is -2.36. The summed E-state index contributed by atoms with van der Waals surface area (Å²) in [5, 5.41) is 3.66. The Labute approximate surface area is 174 Å². The highest BCUT2D eigenvalue weighted by molar-refractivity contribution is 7.99.